The van der Waals surface area contributed by atoms with Crippen molar-refractivity contribution in [1.82, 2.24) is 0 Å². The number of aliphatic hydroxyl groups is 1. The molecule has 21 heavy (non-hydrogen) atoms. The van der Waals surface area contributed by atoms with E-state index in [2.05, 4.69) is 0 Å². The Morgan fingerprint density at radius 3 is 2.24 bits per heavy atom. The third kappa shape index (κ3) is 4.19. The minimum atomic E-state index is -4.66. The van der Waals surface area contributed by atoms with E-state index in [0.29, 0.717) is 16.7 Å². The van der Waals surface area contributed by atoms with Gasteiger partial charge in [-0.25, -0.2) is 4.39 Å². The largest absolute Gasteiger partial charge is 0.416 e. The second kappa shape index (κ2) is 6.03. The molecular weight excluding hydrogens is 308 g/mol. The number of halogens is 5. The van der Waals surface area contributed by atoms with E-state index in [9.17, 15) is 22.7 Å². The van der Waals surface area contributed by atoms with Crippen molar-refractivity contribution in [2.75, 3.05) is 0 Å². The first-order valence-corrected chi connectivity index (χ1v) is 6.43. The summed E-state index contributed by atoms with van der Waals surface area (Å²) in [4.78, 5) is 0. The molecule has 0 bridgehead atoms. The lowest BCUT2D eigenvalue weighted by Gasteiger charge is -2.14. The molecular formula is C15H11ClF4O. The van der Waals surface area contributed by atoms with Crippen LogP contribution < -0.4 is 0 Å². The molecule has 0 heterocycles. The summed E-state index contributed by atoms with van der Waals surface area (Å²) in [6.07, 6.45) is -5.82. The van der Waals surface area contributed by atoms with Crippen molar-refractivity contribution in [3.05, 3.63) is 70.0 Å². The zero-order chi connectivity index (χ0) is 15.6. The number of benzene rings is 2. The molecule has 0 radical (unpaired) electrons. The van der Waals surface area contributed by atoms with Gasteiger partial charge in [0.25, 0.3) is 0 Å². The Hall–Kier alpha value is -1.59. The summed E-state index contributed by atoms with van der Waals surface area (Å²) in [6.45, 7) is 0. The van der Waals surface area contributed by atoms with Gasteiger partial charge < -0.3 is 5.11 Å². The molecule has 0 amide bonds. The molecule has 0 spiro atoms. The zero-order valence-electron chi connectivity index (χ0n) is 10.7. The van der Waals surface area contributed by atoms with E-state index in [0.717, 1.165) is 12.1 Å². The van der Waals surface area contributed by atoms with Crippen molar-refractivity contribution in [2.45, 2.75) is 18.7 Å². The maximum Gasteiger partial charge on any atom is 0.416 e. The van der Waals surface area contributed by atoms with Crippen molar-refractivity contribution in [3.63, 3.8) is 0 Å². The lowest BCUT2D eigenvalue weighted by atomic mass is 9.99. The van der Waals surface area contributed by atoms with Crippen molar-refractivity contribution in [1.29, 1.82) is 0 Å². The van der Waals surface area contributed by atoms with Crippen LogP contribution in [0.1, 0.15) is 22.8 Å². The molecule has 1 unspecified atom stereocenters. The fourth-order valence-electron chi connectivity index (χ4n) is 1.93. The van der Waals surface area contributed by atoms with Gasteiger partial charge in [-0.3, -0.25) is 0 Å². The SMILES string of the molecule is OC(Cc1ccc(Cl)cc1)c1cc(F)cc(C(F)(F)F)c1. The standard InChI is InChI=1S/C15H11ClF4O/c16-12-3-1-9(2-4-12)5-14(21)10-6-11(15(18,19)20)8-13(17)7-10/h1-4,6-8,14,21H,5H2. The van der Waals surface area contributed by atoms with Crippen LogP contribution in [-0.2, 0) is 12.6 Å². The first-order valence-electron chi connectivity index (χ1n) is 6.06. The summed E-state index contributed by atoms with van der Waals surface area (Å²) in [7, 11) is 0. The van der Waals surface area contributed by atoms with Crippen molar-refractivity contribution >= 4 is 11.6 Å². The van der Waals surface area contributed by atoms with Crippen LogP contribution in [0.5, 0.6) is 0 Å². The van der Waals surface area contributed by atoms with Gasteiger partial charge in [0.1, 0.15) is 5.82 Å². The van der Waals surface area contributed by atoms with Gasteiger partial charge in [0.05, 0.1) is 11.7 Å². The highest BCUT2D eigenvalue weighted by Crippen LogP contribution is 2.32. The fourth-order valence-corrected chi connectivity index (χ4v) is 2.06. The summed E-state index contributed by atoms with van der Waals surface area (Å²) >= 11 is 5.72. The molecule has 0 aliphatic carbocycles. The van der Waals surface area contributed by atoms with Crippen LogP contribution in [0.4, 0.5) is 17.6 Å². The van der Waals surface area contributed by atoms with Crippen LogP contribution in [0.15, 0.2) is 42.5 Å². The molecule has 1 nitrogen and oxygen atoms in total. The topological polar surface area (TPSA) is 20.2 Å². The molecule has 0 aliphatic heterocycles. The van der Waals surface area contributed by atoms with E-state index >= 15 is 0 Å². The first-order chi connectivity index (χ1) is 9.75. The van der Waals surface area contributed by atoms with E-state index in [-0.39, 0.29) is 12.0 Å². The number of rotatable bonds is 3. The number of hydrogen-bond donors (Lipinski definition) is 1. The predicted molar refractivity (Wildman–Crippen MR) is 71.5 cm³/mol. The van der Waals surface area contributed by atoms with Crippen molar-refractivity contribution < 1.29 is 22.7 Å². The van der Waals surface area contributed by atoms with Crippen LogP contribution in [0, 0.1) is 5.82 Å². The number of alkyl halides is 3. The van der Waals surface area contributed by atoms with Gasteiger partial charge in [-0.05, 0) is 41.5 Å². The summed E-state index contributed by atoms with van der Waals surface area (Å²) in [5, 5.41) is 10.5. The Kier molecular flexibility index (Phi) is 4.54. The molecule has 2 aromatic rings. The molecule has 2 rings (SSSR count). The van der Waals surface area contributed by atoms with Crippen molar-refractivity contribution in [2.24, 2.45) is 0 Å². The lowest BCUT2D eigenvalue weighted by Crippen LogP contribution is -2.09. The Morgan fingerprint density at radius 1 is 1.05 bits per heavy atom. The van der Waals surface area contributed by atoms with E-state index in [1.807, 2.05) is 0 Å². The Bertz CT molecular complexity index is 623. The molecule has 0 aromatic heterocycles. The summed E-state index contributed by atoms with van der Waals surface area (Å²) in [5.41, 5.74) is -0.547. The fraction of sp³-hybridized carbons (Fsp3) is 0.200. The summed E-state index contributed by atoms with van der Waals surface area (Å²) < 4.78 is 51.1. The zero-order valence-corrected chi connectivity index (χ0v) is 11.4. The highest BCUT2D eigenvalue weighted by atomic mass is 35.5. The molecule has 0 saturated heterocycles. The molecule has 112 valence electrons. The summed E-state index contributed by atoms with van der Waals surface area (Å²) in [5.74, 6) is -1.03. The second-order valence-electron chi connectivity index (χ2n) is 4.62. The van der Waals surface area contributed by atoms with E-state index in [4.69, 9.17) is 11.6 Å². The molecule has 6 heteroatoms. The molecule has 0 saturated carbocycles. The van der Waals surface area contributed by atoms with Crippen LogP contribution >= 0.6 is 11.6 Å². The molecule has 1 atom stereocenters. The third-order valence-corrected chi connectivity index (χ3v) is 3.23. The molecule has 0 fully saturated rings. The lowest BCUT2D eigenvalue weighted by molar-refractivity contribution is -0.137. The van der Waals surface area contributed by atoms with Gasteiger partial charge in [0.15, 0.2) is 0 Å². The minimum absolute atomic E-state index is 0.0674. The smallest absolute Gasteiger partial charge is 0.388 e. The quantitative estimate of drug-likeness (QED) is 0.808. The Balaban J connectivity index is 2.24. The number of aliphatic hydroxyl groups excluding tert-OH is 1. The highest BCUT2D eigenvalue weighted by molar-refractivity contribution is 6.30. The van der Waals surface area contributed by atoms with Crippen LogP contribution in [-0.4, -0.2) is 5.11 Å². The predicted octanol–water partition coefficient (Wildman–Crippen LogP) is 4.77. The van der Waals surface area contributed by atoms with Gasteiger partial charge in [-0.2, -0.15) is 13.2 Å². The normalized spacial score (nSPS) is 13.2. The maximum atomic E-state index is 13.3. The minimum Gasteiger partial charge on any atom is -0.388 e. The molecule has 0 aliphatic rings. The van der Waals surface area contributed by atoms with Gasteiger partial charge in [-0.1, -0.05) is 23.7 Å². The van der Waals surface area contributed by atoms with Gasteiger partial charge in [0.2, 0.25) is 0 Å². The van der Waals surface area contributed by atoms with E-state index in [1.54, 1.807) is 24.3 Å². The first kappa shape index (κ1) is 15.8. The Labute approximate surface area is 123 Å². The second-order valence-corrected chi connectivity index (χ2v) is 5.05. The van der Waals surface area contributed by atoms with E-state index in [1.165, 1.54) is 0 Å². The highest BCUT2D eigenvalue weighted by Gasteiger charge is 2.31. The average molecular weight is 319 g/mol. The molecule has 1 N–H and O–H groups in total. The monoisotopic (exact) mass is 318 g/mol. The average Bonchev–Trinajstić information content (AvgIpc) is 2.39. The Morgan fingerprint density at radius 2 is 1.67 bits per heavy atom. The van der Waals surface area contributed by atoms with Crippen LogP contribution in [0.25, 0.3) is 0 Å². The number of hydrogen-bond acceptors (Lipinski definition) is 1. The maximum absolute atomic E-state index is 13.3. The van der Waals surface area contributed by atoms with Gasteiger partial charge in [0, 0.05) is 11.4 Å². The summed E-state index contributed by atoms with van der Waals surface area (Å²) in [6, 6.07) is 8.57. The van der Waals surface area contributed by atoms with Crippen LogP contribution in [0.3, 0.4) is 0 Å². The van der Waals surface area contributed by atoms with Gasteiger partial charge in [-0.15, -0.1) is 0 Å². The molecule has 2 aromatic carbocycles. The third-order valence-electron chi connectivity index (χ3n) is 2.97. The van der Waals surface area contributed by atoms with Crippen molar-refractivity contribution in [3.8, 4) is 0 Å². The van der Waals surface area contributed by atoms with Gasteiger partial charge >= 0.3 is 6.18 Å². The van der Waals surface area contributed by atoms with E-state index < -0.39 is 23.7 Å². The van der Waals surface area contributed by atoms with Crippen LogP contribution in [0.2, 0.25) is 5.02 Å².